The molecule has 0 amide bonds. The van der Waals surface area contributed by atoms with Crippen LogP contribution in [0.15, 0.2) is 24.3 Å². The van der Waals surface area contributed by atoms with Crippen LogP contribution in [0.25, 0.3) is 0 Å². The highest BCUT2D eigenvalue weighted by molar-refractivity contribution is 5.58. The summed E-state index contributed by atoms with van der Waals surface area (Å²) in [4.78, 5) is 5.37. The summed E-state index contributed by atoms with van der Waals surface area (Å²) in [6.07, 6.45) is 6.41. The van der Waals surface area contributed by atoms with Gasteiger partial charge in [-0.3, -0.25) is 4.90 Å². The van der Waals surface area contributed by atoms with Gasteiger partial charge in [0.25, 0.3) is 0 Å². The molecule has 2 fully saturated rings. The van der Waals surface area contributed by atoms with Crippen molar-refractivity contribution in [2.45, 2.75) is 43.7 Å². The summed E-state index contributed by atoms with van der Waals surface area (Å²) >= 11 is 0. The molecule has 4 rings (SSSR count). The van der Waals surface area contributed by atoms with E-state index in [1.54, 1.807) is 0 Å². The smallest absolute Gasteiger partial charge is 0.0690 e. The molecule has 0 aromatic heterocycles. The third-order valence-electron chi connectivity index (χ3n) is 5.82. The third-order valence-corrected chi connectivity index (χ3v) is 5.82. The van der Waals surface area contributed by atoms with Gasteiger partial charge in [-0.2, -0.15) is 0 Å². The molecule has 0 spiro atoms. The van der Waals surface area contributed by atoms with Gasteiger partial charge in [0.1, 0.15) is 0 Å². The molecule has 3 heterocycles. The molecule has 1 aromatic rings. The molecule has 3 aliphatic heterocycles. The summed E-state index contributed by atoms with van der Waals surface area (Å²) in [6.45, 7) is 4.49. The second-order valence-corrected chi connectivity index (χ2v) is 6.64. The number of nitrogens with zero attached hydrogens (tertiary/aromatic N) is 2. The maximum atomic E-state index is 6.34. The maximum absolute atomic E-state index is 6.34. The second-order valence-electron chi connectivity index (χ2n) is 6.64. The Morgan fingerprint density at radius 2 is 2.05 bits per heavy atom. The zero-order chi connectivity index (χ0) is 13.6. The highest BCUT2D eigenvalue weighted by Gasteiger charge is 2.52. The minimum absolute atomic E-state index is 0.188. The molecule has 0 saturated carbocycles. The van der Waals surface area contributed by atoms with Crippen LogP contribution in [0.5, 0.6) is 0 Å². The van der Waals surface area contributed by atoms with Crippen LogP contribution in [-0.2, 0) is 6.42 Å². The molecule has 0 radical (unpaired) electrons. The lowest BCUT2D eigenvalue weighted by molar-refractivity contribution is 0.254. The minimum atomic E-state index is 0.188. The van der Waals surface area contributed by atoms with Crippen LogP contribution < -0.4 is 10.6 Å². The fourth-order valence-corrected chi connectivity index (χ4v) is 4.87. The fraction of sp³-hybridized carbons (Fsp3) is 0.647. The van der Waals surface area contributed by atoms with E-state index in [-0.39, 0.29) is 5.54 Å². The zero-order valence-electron chi connectivity index (χ0n) is 12.2. The topological polar surface area (TPSA) is 32.5 Å². The number of aryl methyl sites for hydroxylation is 1. The number of rotatable bonds is 2. The molecule has 3 nitrogen and oxygen atoms in total. The molecule has 0 aliphatic carbocycles. The highest BCUT2D eigenvalue weighted by atomic mass is 15.3. The number of nitrogens with two attached hydrogens (primary N) is 1. The van der Waals surface area contributed by atoms with Crippen molar-refractivity contribution in [2.24, 2.45) is 5.73 Å². The lowest BCUT2D eigenvalue weighted by Gasteiger charge is -2.48. The highest BCUT2D eigenvalue weighted by Crippen LogP contribution is 2.43. The van der Waals surface area contributed by atoms with E-state index in [2.05, 4.69) is 34.1 Å². The van der Waals surface area contributed by atoms with Crippen molar-refractivity contribution in [1.29, 1.82) is 0 Å². The normalized spacial score (nSPS) is 33.2. The van der Waals surface area contributed by atoms with Gasteiger partial charge in [-0.05, 0) is 50.3 Å². The number of benzene rings is 1. The minimum Gasteiger partial charge on any atom is -0.363 e. The molecule has 3 heteroatoms. The van der Waals surface area contributed by atoms with Crippen LogP contribution in [0.2, 0.25) is 0 Å². The predicted octanol–water partition coefficient (Wildman–Crippen LogP) is 2.00. The van der Waals surface area contributed by atoms with Gasteiger partial charge in [0, 0.05) is 31.4 Å². The van der Waals surface area contributed by atoms with E-state index in [9.17, 15) is 0 Å². The number of para-hydroxylation sites is 1. The molecular formula is C17H25N3. The molecule has 2 N–H and O–H groups in total. The molecule has 2 saturated heterocycles. The van der Waals surface area contributed by atoms with E-state index in [1.165, 1.54) is 63.0 Å². The monoisotopic (exact) mass is 271 g/mol. The van der Waals surface area contributed by atoms with E-state index in [1.807, 2.05) is 0 Å². The molecule has 1 aromatic carbocycles. The van der Waals surface area contributed by atoms with Crippen molar-refractivity contribution in [3.63, 3.8) is 0 Å². The molecule has 2 atom stereocenters. The van der Waals surface area contributed by atoms with E-state index in [4.69, 9.17) is 5.73 Å². The Balaban J connectivity index is 1.76. The standard InChI is InChI=1S/C17H25N3/c18-13-17(9-12-19-10-4-8-16(17)19)20-11-3-6-14-5-1-2-7-15(14)20/h1-2,5,7,16H,3-4,6,8-13,18H2. The summed E-state index contributed by atoms with van der Waals surface area (Å²) in [5, 5.41) is 0. The van der Waals surface area contributed by atoms with Gasteiger partial charge in [0.15, 0.2) is 0 Å². The van der Waals surface area contributed by atoms with Crippen LogP contribution in [0.3, 0.4) is 0 Å². The predicted molar refractivity (Wildman–Crippen MR) is 83.1 cm³/mol. The van der Waals surface area contributed by atoms with Crippen LogP contribution in [-0.4, -0.2) is 42.7 Å². The molecule has 108 valence electrons. The maximum Gasteiger partial charge on any atom is 0.0690 e. The first-order valence-corrected chi connectivity index (χ1v) is 8.15. The average molecular weight is 271 g/mol. The van der Waals surface area contributed by atoms with Crippen molar-refractivity contribution >= 4 is 5.69 Å². The zero-order valence-corrected chi connectivity index (χ0v) is 12.2. The summed E-state index contributed by atoms with van der Waals surface area (Å²) in [7, 11) is 0. The largest absolute Gasteiger partial charge is 0.363 e. The SMILES string of the molecule is NCC1(N2CCCc3ccccc32)CCN2CCCC21. The van der Waals surface area contributed by atoms with Gasteiger partial charge in [0.05, 0.1) is 5.54 Å². The van der Waals surface area contributed by atoms with Gasteiger partial charge in [0.2, 0.25) is 0 Å². The number of fused-ring (bicyclic) bond motifs is 2. The Hall–Kier alpha value is -1.06. The molecule has 20 heavy (non-hydrogen) atoms. The number of hydrogen-bond acceptors (Lipinski definition) is 3. The Kier molecular flexibility index (Phi) is 3.00. The van der Waals surface area contributed by atoms with Crippen LogP contribution in [0.1, 0.15) is 31.2 Å². The van der Waals surface area contributed by atoms with Gasteiger partial charge in [-0.1, -0.05) is 18.2 Å². The van der Waals surface area contributed by atoms with Crippen molar-refractivity contribution in [1.82, 2.24) is 4.90 Å². The lowest BCUT2D eigenvalue weighted by atomic mass is 9.84. The quantitative estimate of drug-likeness (QED) is 0.893. The van der Waals surface area contributed by atoms with Crippen LogP contribution in [0, 0.1) is 0 Å². The van der Waals surface area contributed by atoms with Crippen molar-refractivity contribution in [3.05, 3.63) is 29.8 Å². The summed E-state index contributed by atoms with van der Waals surface area (Å²) in [5.74, 6) is 0. The Labute approximate surface area is 121 Å². The first-order chi connectivity index (χ1) is 9.85. The van der Waals surface area contributed by atoms with E-state index < -0.39 is 0 Å². The second kappa shape index (κ2) is 4.74. The first-order valence-electron chi connectivity index (χ1n) is 8.15. The first kappa shape index (κ1) is 12.7. The molecule has 0 bridgehead atoms. The summed E-state index contributed by atoms with van der Waals surface area (Å²) in [6, 6.07) is 9.64. The van der Waals surface area contributed by atoms with Gasteiger partial charge in [-0.15, -0.1) is 0 Å². The van der Waals surface area contributed by atoms with Gasteiger partial charge in [-0.25, -0.2) is 0 Å². The summed E-state index contributed by atoms with van der Waals surface area (Å²) in [5.41, 5.74) is 9.51. The Bertz CT molecular complexity index is 501. The number of anilines is 1. The molecule has 3 aliphatic rings. The van der Waals surface area contributed by atoms with Gasteiger partial charge < -0.3 is 10.6 Å². The average Bonchev–Trinajstić information content (AvgIpc) is 3.09. The van der Waals surface area contributed by atoms with E-state index in [0.29, 0.717) is 6.04 Å². The van der Waals surface area contributed by atoms with Crippen molar-refractivity contribution < 1.29 is 0 Å². The summed E-state index contributed by atoms with van der Waals surface area (Å²) < 4.78 is 0. The Morgan fingerprint density at radius 3 is 2.95 bits per heavy atom. The molecule has 2 unspecified atom stereocenters. The van der Waals surface area contributed by atoms with E-state index in [0.717, 1.165) is 6.54 Å². The van der Waals surface area contributed by atoms with E-state index >= 15 is 0 Å². The lowest BCUT2D eigenvalue weighted by Crippen LogP contribution is -2.61. The molecular weight excluding hydrogens is 246 g/mol. The van der Waals surface area contributed by atoms with Crippen molar-refractivity contribution in [3.8, 4) is 0 Å². The number of hydrogen-bond donors (Lipinski definition) is 1. The fourth-order valence-electron chi connectivity index (χ4n) is 4.87. The Morgan fingerprint density at radius 1 is 1.15 bits per heavy atom. The van der Waals surface area contributed by atoms with Crippen LogP contribution >= 0.6 is 0 Å². The van der Waals surface area contributed by atoms with Crippen molar-refractivity contribution in [2.75, 3.05) is 31.1 Å². The van der Waals surface area contributed by atoms with Gasteiger partial charge >= 0.3 is 0 Å². The third kappa shape index (κ3) is 1.66. The van der Waals surface area contributed by atoms with Crippen LogP contribution in [0.4, 0.5) is 5.69 Å².